The highest BCUT2D eigenvalue weighted by Crippen LogP contribution is 2.29. The minimum Gasteiger partial charge on any atom is -0.353 e. The molecule has 0 unspecified atom stereocenters. The van der Waals surface area contributed by atoms with Crippen molar-refractivity contribution >= 4 is 34.2 Å². The number of hydrogen-bond acceptors (Lipinski definition) is 8. The Bertz CT molecular complexity index is 1850. The summed E-state index contributed by atoms with van der Waals surface area (Å²) < 4.78 is 13.4. The summed E-state index contributed by atoms with van der Waals surface area (Å²) in [5.74, 6) is 1.02. The lowest BCUT2D eigenvalue weighted by Crippen LogP contribution is -2.56. The average molecular weight is 620 g/mol. The number of amides is 2. The average Bonchev–Trinajstić information content (AvgIpc) is 3.73. The third-order valence-electron chi connectivity index (χ3n) is 8.79. The van der Waals surface area contributed by atoms with Gasteiger partial charge in [0, 0.05) is 73.0 Å². The number of nitrogens with one attached hydrogen (secondary N) is 2. The highest BCUT2D eigenvalue weighted by Gasteiger charge is 2.33. The highest BCUT2D eigenvalue weighted by molar-refractivity contribution is 5.98. The van der Waals surface area contributed by atoms with E-state index in [1.54, 1.807) is 36.8 Å². The first-order chi connectivity index (χ1) is 22.4. The second kappa shape index (κ2) is 12.6. The molecule has 2 fully saturated rings. The molecule has 234 valence electrons. The summed E-state index contributed by atoms with van der Waals surface area (Å²) in [6, 6.07) is 17.6. The van der Waals surface area contributed by atoms with Gasteiger partial charge in [0.2, 0.25) is 11.8 Å². The fourth-order valence-electron chi connectivity index (χ4n) is 6.33. The molecule has 0 saturated carbocycles. The standard InChI is InChI=1S/C34H34FN9O2/c1-22-19-43(30-10-5-24(18-38-30)33-36-12-2-13-37-33)15-16-44(22)31(45)21-42-14-11-25(20-42)34(46)39-27-8-9-28-29(17-27)40-41-32(28)23-3-6-26(35)7-4-23/h2-10,12-13,17-18,22,25H,11,14-16,19-21H2,1H3,(H,39,46)(H,40,41)/t22-,25-/m1/s1. The van der Waals surface area contributed by atoms with Crippen LogP contribution >= 0.6 is 0 Å². The summed E-state index contributed by atoms with van der Waals surface area (Å²) in [4.78, 5) is 45.9. The first-order valence-electron chi connectivity index (χ1n) is 15.5. The maximum Gasteiger partial charge on any atom is 0.237 e. The molecule has 46 heavy (non-hydrogen) atoms. The molecule has 2 aliphatic heterocycles. The normalized spacial score (nSPS) is 18.7. The Morgan fingerprint density at radius 1 is 0.957 bits per heavy atom. The largest absolute Gasteiger partial charge is 0.353 e. The summed E-state index contributed by atoms with van der Waals surface area (Å²) in [7, 11) is 0. The van der Waals surface area contributed by atoms with Gasteiger partial charge in [0.25, 0.3) is 0 Å². The van der Waals surface area contributed by atoms with E-state index in [-0.39, 0.29) is 29.6 Å². The minimum atomic E-state index is -0.299. The van der Waals surface area contributed by atoms with E-state index in [1.807, 2.05) is 35.2 Å². The third kappa shape index (κ3) is 6.16. The van der Waals surface area contributed by atoms with Crippen molar-refractivity contribution in [1.82, 2.24) is 34.9 Å². The molecule has 2 aliphatic rings. The van der Waals surface area contributed by atoms with Gasteiger partial charge in [0.1, 0.15) is 11.6 Å². The van der Waals surface area contributed by atoms with Crippen molar-refractivity contribution in [3.63, 3.8) is 0 Å². The molecule has 5 heterocycles. The van der Waals surface area contributed by atoms with E-state index in [2.05, 4.69) is 47.2 Å². The summed E-state index contributed by atoms with van der Waals surface area (Å²) >= 11 is 0. The van der Waals surface area contributed by atoms with Crippen LogP contribution in [0, 0.1) is 11.7 Å². The van der Waals surface area contributed by atoms with E-state index in [4.69, 9.17) is 0 Å². The zero-order chi connectivity index (χ0) is 31.6. The molecule has 5 aromatic rings. The number of pyridine rings is 1. The number of nitrogens with zero attached hydrogens (tertiary/aromatic N) is 7. The molecule has 0 aliphatic carbocycles. The van der Waals surface area contributed by atoms with Gasteiger partial charge >= 0.3 is 0 Å². The Kier molecular flexibility index (Phi) is 8.10. The molecular weight excluding hydrogens is 585 g/mol. The van der Waals surface area contributed by atoms with E-state index in [1.165, 1.54) is 12.1 Å². The summed E-state index contributed by atoms with van der Waals surface area (Å²) in [6.07, 6.45) is 5.90. The number of aromatic nitrogens is 5. The van der Waals surface area contributed by atoms with Crippen LogP contribution in [0.1, 0.15) is 13.3 Å². The lowest BCUT2D eigenvalue weighted by Gasteiger charge is -2.41. The molecule has 2 amide bonds. The van der Waals surface area contributed by atoms with E-state index in [9.17, 15) is 14.0 Å². The lowest BCUT2D eigenvalue weighted by molar-refractivity contribution is -0.134. The van der Waals surface area contributed by atoms with Crippen LogP contribution in [0.15, 0.2) is 79.3 Å². The Morgan fingerprint density at radius 3 is 2.52 bits per heavy atom. The maximum atomic E-state index is 13.4. The fourth-order valence-corrected chi connectivity index (χ4v) is 6.33. The molecule has 0 radical (unpaired) electrons. The summed E-state index contributed by atoms with van der Waals surface area (Å²) in [6.45, 7) is 5.59. The van der Waals surface area contributed by atoms with E-state index >= 15 is 0 Å². The van der Waals surface area contributed by atoms with Gasteiger partial charge in [-0.05, 0) is 80.6 Å². The SMILES string of the molecule is C[C@@H]1CN(c2ccc(-c3ncccn3)cn2)CCN1C(=O)CN1CC[C@@H](C(=O)Nc2ccc3c(-c4ccc(F)cc4)n[nH]c3c2)C1. The number of rotatable bonds is 7. The van der Waals surface area contributed by atoms with Crippen LogP contribution in [-0.4, -0.2) is 92.1 Å². The topological polar surface area (TPSA) is 123 Å². The quantitative estimate of drug-likeness (QED) is 0.278. The third-order valence-corrected chi connectivity index (χ3v) is 8.79. The van der Waals surface area contributed by atoms with Crippen molar-refractivity contribution in [3.05, 3.63) is 85.1 Å². The van der Waals surface area contributed by atoms with Gasteiger partial charge in [-0.15, -0.1) is 0 Å². The van der Waals surface area contributed by atoms with Crippen LogP contribution in [-0.2, 0) is 9.59 Å². The molecule has 3 aromatic heterocycles. The first kappa shape index (κ1) is 29.5. The van der Waals surface area contributed by atoms with Crippen LogP contribution in [0.3, 0.4) is 0 Å². The molecule has 0 bridgehead atoms. The van der Waals surface area contributed by atoms with Crippen LogP contribution in [0.25, 0.3) is 33.5 Å². The van der Waals surface area contributed by atoms with Crippen LogP contribution in [0.4, 0.5) is 15.9 Å². The molecule has 7 rings (SSSR count). The van der Waals surface area contributed by atoms with Crippen molar-refractivity contribution in [2.45, 2.75) is 19.4 Å². The van der Waals surface area contributed by atoms with Gasteiger partial charge in [0.15, 0.2) is 5.82 Å². The zero-order valence-corrected chi connectivity index (χ0v) is 25.4. The number of anilines is 2. The monoisotopic (exact) mass is 619 g/mol. The van der Waals surface area contributed by atoms with Gasteiger partial charge in [-0.3, -0.25) is 19.6 Å². The van der Waals surface area contributed by atoms with Gasteiger partial charge in [-0.2, -0.15) is 5.10 Å². The van der Waals surface area contributed by atoms with Gasteiger partial charge in [-0.1, -0.05) is 0 Å². The summed E-state index contributed by atoms with van der Waals surface area (Å²) in [5, 5.41) is 11.3. The Hall–Kier alpha value is -5.23. The second-order valence-corrected chi connectivity index (χ2v) is 11.9. The number of H-pyrrole nitrogens is 1. The molecule has 11 nitrogen and oxygen atoms in total. The predicted molar refractivity (Wildman–Crippen MR) is 173 cm³/mol. The number of benzene rings is 2. The van der Waals surface area contributed by atoms with E-state index in [0.717, 1.165) is 33.5 Å². The Morgan fingerprint density at radius 2 is 1.76 bits per heavy atom. The first-order valence-corrected chi connectivity index (χ1v) is 15.5. The van der Waals surface area contributed by atoms with Crippen molar-refractivity contribution in [2.75, 3.05) is 49.5 Å². The van der Waals surface area contributed by atoms with Gasteiger partial charge < -0.3 is 15.1 Å². The van der Waals surface area contributed by atoms with E-state index < -0.39 is 0 Å². The van der Waals surface area contributed by atoms with Crippen LogP contribution < -0.4 is 10.2 Å². The van der Waals surface area contributed by atoms with Crippen molar-refractivity contribution in [2.24, 2.45) is 5.92 Å². The number of aromatic amines is 1. The number of likely N-dealkylation sites (tertiary alicyclic amines) is 1. The second-order valence-electron chi connectivity index (χ2n) is 11.9. The lowest BCUT2D eigenvalue weighted by atomic mass is 10.1. The number of carbonyl (C=O) groups is 2. The molecule has 2 aromatic carbocycles. The fraction of sp³-hybridized carbons (Fsp3) is 0.294. The van der Waals surface area contributed by atoms with Crippen LogP contribution in [0.2, 0.25) is 0 Å². The molecule has 0 spiro atoms. The van der Waals surface area contributed by atoms with Crippen molar-refractivity contribution < 1.29 is 14.0 Å². The number of piperazine rings is 1. The smallest absolute Gasteiger partial charge is 0.237 e. The summed E-state index contributed by atoms with van der Waals surface area (Å²) in [5.41, 5.74) is 3.84. The number of fused-ring (bicyclic) bond motifs is 1. The van der Waals surface area contributed by atoms with Crippen molar-refractivity contribution in [1.29, 1.82) is 0 Å². The maximum absolute atomic E-state index is 13.4. The van der Waals surface area contributed by atoms with Gasteiger partial charge in [-0.25, -0.2) is 19.3 Å². The van der Waals surface area contributed by atoms with Crippen LogP contribution in [0.5, 0.6) is 0 Å². The molecule has 12 heteroatoms. The Balaban J connectivity index is 0.903. The molecule has 2 atom stereocenters. The number of carbonyl (C=O) groups excluding carboxylic acids is 2. The number of hydrogen-bond donors (Lipinski definition) is 2. The predicted octanol–water partition coefficient (Wildman–Crippen LogP) is 4.22. The Labute approximate surface area is 265 Å². The van der Waals surface area contributed by atoms with Crippen molar-refractivity contribution in [3.8, 4) is 22.6 Å². The molecular formula is C34H34FN9O2. The van der Waals surface area contributed by atoms with Gasteiger partial charge in [0.05, 0.1) is 23.7 Å². The minimum absolute atomic E-state index is 0.0304. The molecule has 2 saturated heterocycles. The van der Waals surface area contributed by atoms with E-state index in [0.29, 0.717) is 57.2 Å². The highest BCUT2D eigenvalue weighted by atomic mass is 19.1. The molecule has 2 N–H and O–H groups in total. The number of halogens is 1. The zero-order valence-electron chi connectivity index (χ0n) is 25.4.